The van der Waals surface area contributed by atoms with Gasteiger partial charge in [-0.3, -0.25) is 9.59 Å². The highest BCUT2D eigenvalue weighted by Gasteiger charge is 2.34. The van der Waals surface area contributed by atoms with E-state index in [1.165, 1.54) is 0 Å². The van der Waals surface area contributed by atoms with E-state index in [4.69, 9.17) is 11.6 Å². The van der Waals surface area contributed by atoms with Crippen molar-refractivity contribution in [1.82, 2.24) is 0 Å². The Labute approximate surface area is 99.0 Å². The van der Waals surface area contributed by atoms with Gasteiger partial charge in [-0.1, -0.05) is 18.2 Å². The Kier molecular flexibility index (Phi) is 2.97. The molecule has 0 bridgehead atoms. The third-order valence-corrected chi connectivity index (χ3v) is 3.16. The third kappa shape index (κ3) is 1.95. The molecule has 1 saturated heterocycles. The van der Waals surface area contributed by atoms with E-state index in [0.29, 0.717) is 6.54 Å². The first kappa shape index (κ1) is 11.1. The van der Waals surface area contributed by atoms with Gasteiger partial charge in [-0.2, -0.15) is 0 Å². The Morgan fingerprint density at radius 3 is 2.69 bits per heavy atom. The molecule has 1 aromatic carbocycles. The van der Waals surface area contributed by atoms with Gasteiger partial charge < -0.3 is 4.90 Å². The fraction of sp³-hybridized carbons (Fsp3) is 0.333. The molecule has 84 valence electrons. The monoisotopic (exact) mass is 237 g/mol. The second kappa shape index (κ2) is 4.26. The van der Waals surface area contributed by atoms with Gasteiger partial charge in [0.15, 0.2) is 0 Å². The molecule has 1 heterocycles. The van der Waals surface area contributed by atoms with Crippen LogP contribution in [0.4, 0.5) is 5.69 Å². The average Bonchev–Trinajstić information content (AvgIpc) is 2.61. The Morgan fingerprint density at radius 1 is 1.44 bits per heavy atom. The fourth-order valence-corrected chi connectivity index (χ4v) is 2.10. The molecule has 4 heteroatoms. The smallest absolute Gasteiger partial charge is 0.227 e. The average molecular weight is 238 g/mol. The highest BCUT2D eigenvalue weighted by Crippen LogP contribution is 2.28. The molecule has 0 N–H and O–H groups in total. The van der Waals surface area contributed by atoms with Crippen LogP contribution in [0.2, 0.25) is 0 Å². The minimum Gasteiger partial charge on any atom is -0.311 e. The van der Waals surface area contributed by atoms with E-state index in [2.05, 4.69) is 0 Å². The molecular weight excluding hydrogens is 226 g/mol. The van der Waals surface area contributed by atoms with E-state index in [-0.39, 0.29) is 18.2 Å². The van der Waals surface area contributed by atoms with Crippen molar-refractivity contribution in [3.05, 3.63) is 29.8 Å². The zero-order valence-electron chi connectivity index (χ0n) is 8.94. The Morgan fingerprint density at radius 2 is 2.12 bits per heavy atom. The molecule has 2 rings (SSSR count). The number of carbonyl (C=O) groups excluding carboxylic acids is 2. The summed E-state index contributed by atoms with van der Waals surface area (Å²) in [7, 11) is 0. The molecule has 1 unspecified atom stereocenters. The summed E-state index contributed by atoms with van der Waals surface area (Å²) in [6.07, 6.45) is 0.219. The number of anilines is 1. The van der Waals surface area contributed by atoms with Crippen LogP contribution in [0.25, 0.3) is 0 Å². The topological polar surface area (TPSA) is 37.4 Å². The zero-order chi connectivity index (χ0) is 11.7. The molecule has 1 aliphatic rings. The van der Waals surface area contributed by atoms with Gasteiger partial charge >= 0.3 is 0 Å². The highest BCUT2D eigenvalue weighted by atomic mass is 35.5. The molecule has 1 atom stereocenters. The molecule has 1 aliphatic heterocycles. The van der Waals surface area contributed by atoms with Gasteiger partial charge in [0.05, 0.1) is 5.92 Å². The SMILES string of the molecule is Cc1ccccc1N1CC(C(=O)Cl)CC1=O. The number of aryl methyl sites for hydroxylation is 1. The van der Waals surface area contributed by atoms with Crippen LogP contribution in [0, 0.1) is 12.8 Å². The van der Waals surface area contributed by atoms with Gasteiger partial charge in [-0.25, -0.2) is 0 Å². The van der Waals surface area contributed by atoms with Crippen molar-refractivity contribution < 1.29 is 9.59 Å². The van der Waals surface area contributed by atoms with Gasteiger partial charge in [-0.15, -0.1) is 0 Å². The summed E-state index contributed by atoms with van der Waals surface area (Å²) in [4.78, 5) is 24.4. The van der Waals surface area contributed by atoms with Crippen molar-refractivity contribution in [2.24, 2.45) is 5.92 Å². The molecule has 0 aromatic heterocycles. The standard InChI is InChI=1S/C12H12ClNO2/c1-8-4-2-3-5-10(8)14-7-9(12(13)16)6-11(14)15/h2-5,9H,6-7H2,1H3. The first-order chi connectivity index (χ1) is 7.59. The van der Waals surface area contributed by atoms with Crippen LogP contribution in [0.1, 0.15) is 12.0 Å². The first-order valence-corrected chi connectivity index (χ1v) is 5.52. The molecule has 1 amide bonds. The van der Waals surface area contributed by atoms with Crippen molar-refractivity contribution in [3.8, 4) is 0 Å². The number of nitrogens with zero attached hydrogens (tertiary/aromatic N) is 1. The van der Waals surface area contributed by atoms with Gasteiger partial charge in [0, 0.05) is 18.7 Å². The molecule has 3 nitrogen and oxygen atoms in total. The highest BCUT2D eigenvalue weighted by molar-refractivity contribution is 6.64. The third-order valence-electron chi connectivity index (χ3n) is 2.85. The van der Waals surface area contributed by atoms with Crippen molar-refractivity contribution in [2.45, 2.75) is 13.3 Å². The number of carbonyl (C=O) groups is 2. The number of amides is 1. The summed E-state index contributed by atoms with van der Waals surface area (Å²) < 4.78 is 0. The second-order valence-electron chi connectivity index (χ2n) is 4.00. The molecule has 0 aliphatic carbocycles. The predicted molar refractivity (Wildman–Crippen MR) is 62.5 cm³/mol. The predicted octanol–water partition coefficient (Wildman–Crippen LogP) is 2.11. The molecule has 0 radical (unpaired) electrons. The maximum atomic E-state index is 11.8. The summed E-state index contributed by atoms with van der Waals surface area (Å²) >= 11 is 5.42. The number of para-hydroxylation sites is 1. The number of benzene rings is 1. The van der Waals surface area contributed by atoms with Crippen LogP contribution in [0.5, 0.6) is 0 Å². The normalized spacial score (nSPS) is 20.2. The lowest BCUT2D eigenvalue weighted by Gasteiger charge is -2.18. The molecule has 1 aromatic rings. The summed E-state index contributed by atoms with van der Waals surface area (Å²) in [6.45, 7) is 2.34. The number of hydrogen-bond acceptors (Lipinski definition) is 2. The zero-order valence-corrected chi connectivity index (χ0v) is 9.70. The van der Waals surface area contributed by atoms with Gasteiger partial charge in [0.25, 0.3) is 0 Å². The second-order valence-corrected chi connectivity index (χ2v) is 4.37. The minimum absolute atomic E-state index is 0.0340. The lowest BCUT2D eigenvalue weighted by atomic mass is 10.1. The van der Waals surface area contributed by atoms with Crippen LogP contribution in [0.15, 0.2) is 24.3 Å². The van der Waals surface area contributed by atoms with Crippen LogP contribution in [-0.4, -0.2) is 17.7 Å². The maximum absolute atomic E-state index is 11.8. The van der Waals surface area contributed by atoms with Gasteiger partial charge in [-0.05, 0) is 30.2 Å². The molecule has 16 heavy (non-hydrogen) atoms. The van der Waals surface area contributed by atoms with Crippen LogP contribution >= 0.6 is 11.6 Å². The van der Waals surface area contributed by atoms with Crippen LogP contribution in [0.3, 0.4) is 0 Å². The molecule has 0 spiro atoms. The van der Waals surface area contributed by atoms with E-state index in [0.717, 1.165) is 11.3 Å². The molecule has 0 saturated carbocycles. The number of halogens is 1. The number of hydrogen-bond donors (Lipinski definition) is 0. The van der Waals surface area contributed by atoms with Crippen molar-refractivity contribution in [2.75, 3.05) is 11.4 Å². The van der Waals surface area contributed by atoms with Crippen LogP contribution in [-0.2, 0) is 9.59 Å². The van der Waals surface area contributed by atoms with E-state index >= 15 is 0 Å². The lowest BCUT2D eigenvalue weighted by molar-refractivity contribution is -0.120. The quantitative estimate of drug-likeness (QED) is 0.739. The van der Waals surface area contributed by atoms with E-state index in [1.807, 2.05) is 31.2 Å². The summed E-state index contributed by atoms with van der Waals surface area (Å²) in [6, 6.07) is 7.63. The van der Waals surface area contributed by atoms with Gasteiger partial charge in [0.1, 0.15) is 0 Å². The summed E-state index contributed by atoms with van der Waals surface area (Å²) in [5.74, 6) is -0.401. The largest absolute Gasteiger partial charge is 0.311 e. The van der Waals surface area contributed by atoms with Crippen molar-refractivity contribution >= 4 is 28.4 Å². The fourth-order valence-electron chi connectivity index (χ4n) is 1.96. The van der Waals surface area contributed by atoms with E-state index in [1.54, 1.807) is 4.90 Å². The summed E-state index contributed by atoms with van der Waals surface area (Å²) in [5, 5.41) is -0.426. The Bertz CT molecular complexity index is 444. The number of rotatable bonds is 2. The minimum atomic E-state index is -0.426. The van der Waals surface area contributed by atoms with E-state index in [9.17, 15) is 9.59 Å². The lowest BCUT2D eigenvalue weighted by Crippen LogP contribution is -2.25. The van der Waals surface area contributed by atoms with Crippen molar-refractivity contribution in [3.63, 3.8) is 0 Å². The first-order valence-electron chi connectivity index (χ1n) is 5.15. The summed E-state index contributed by atoms with van der Waals surface area (Å²) in [5.41, 5.74) is 1.89. The molecular formula is C12H12ClNO2. The maximum Gasteiger partial charge on any atom is 0.227 e. The Hall–Kier alpha value is -1.35. The molecule has 1 fully saturated rings. The van der Waals surface area contributed by atoms with Gasteiger partial charge in [0.2, 0.25) is 11.1 Å². The van der Waals surface area contributed by atoms with E-state index < -0.39 is 5.24 Å². The van der Waals surface area contributed by atoms with Crippen molar-refractivity contribution in [1.29, 1.82) is 0 Å². The Balaban J connectivity index is 2.27. The van der Waals surface area contributed by atoms with Crippen LogP contribution < -0.4 is 4.90 Å².